The van der Waals surface area contributed by atoms with Gasteiger partial charge in [0.2, 0.25) is 17.8 Å². The van der Waals surface area contributed by atoms with E-state index in [1.54, 1.807) is 0 Å². The van der Waals surface area contributed by atoms with Gasteiger partial charge in [0.1, 0.15) is 63.7 Å². The maximum Gasteiger partial charge on any atom is 0.483 e. The second-order valence-electron chi connectivity index (χ2n) is 26.6. The summed E-state index contributed by atoms with van der Waals surface area (Å²) >= 11 is 0. The smallest absolute Gasteiger partial charge is 0.481 e. The molecule has 6 fully saturated rings. The maximum atomic E-state index is 13.2. The Morgan fingerprint density at radius 2 is 0.989 bits per heavy atom. The molecule has 8 rings (SSSR count). The molecule has 93 heavy (non-hydrogen) atoms. The minimum atomic E-state index is -1.49. The number of nitrogens with two attached hydrogens (primary N) is 1. The van der Waals surface area contributed by atoms with Crippen molar-refractivity contribution in [1.82, 2.24) is 40.7 Å². The first kappa shape index (κ1) is 71.4. The summed E-state index contributed by atoms with van der Waals surface area (Å²) in [4.78, 5) is 135. The van der Waals surface area contributed by atoms with Gasteiger partial charge < -0.3 is 67.2 Å². The Labute approximate surface area is 541 Å². The number of aliphatic carboxylic acids is 7. The highest BCUT2D eigenvalue weighted by molar-refractivity contribution is 5.86. The minimum absolute atomic E-state index is 0.0461. The van der Waals surface area contributed by atoms with Crippen LogP contribution in [0.3, 0.4) is 0 Å². The van der Waals surface area contributed by atoms with Gasteiger partial charge in [-0.15, -0.1) is 17.9 Å². The molecule has 6 aliphatic heterocycles. The predicted molar refractivity (Wildman–Crippen MR) is 335 cm³/mol. The van der Waals surface area contributed by atoms with Gasteiger partial charge in [0.15, 0.2) is 32.2 Å². The lowest BCUT2D eigenvalue weighted by Gasteiger charge is -2.50. The van der Waals surface area contributed by atoms with Crippen LogP contribution >= 0.6 is 0 Å². The Morgan fingerprint density at radius 3 is 1.51 bits per heavy atom. The van der Waals surface area contributed by atoms with Crippen LogP contribution in [0.25, 0.3) is 0 Å². The number of carbonyl (C=O) groups is 9. The highest BCUT2D eigenvalue weighted by Gasteiger charge is 3.01. The van der Waals surface area contributed by atoms with E-state index in [4.69, 9.17) is 25.8 Å². The molecule has 2 aromatic rings. The lowest BCUT2D eigenvalue weighted by molar-refractivity contribution is -1.36. The molecule has 31 heteroatoms. The summed E-state index contributed by atoms with van der Waals surface area (Å²) in [5, 5.41) is 77.0. The van der Waals surface area contributed by atoms with Crippen LogP contribution < -0.4 is 31.5 Å². The van der Waals surface area contributed by atoms with Crippen LogP contribution in [0.15, 0.2) is 24.3 Å². The van der Waals surface area contributed by atoms with E-state index >= 15 is 0 Å². The topological polar surface area (TPSA) is 409 Å². The second-order valence-corrected chi connectivity index (χ2v) is 26.6. The van der Waals surface area contributed by atoms with Gasteiger partial charge in [0.25, 0.3) is 0 Å². The molecule has 0 radical (unpaired) electrons. The zero-order valence-electron chi connectivity index (χ0n) is 53.6. The van der Waals surface area contributed by atoms with Crippen molar-refractivity contribution in [3.05, 3.63) is 41.2 Å². The largest absolute Gasteiger partial charge is 0.483 e. The molecule has 0 saturated carbocycles. The van der Waals surface area contributed by atoms with Gasteiger partial charge in [-0.2, -0.15) is 15.0 Å². The molecule has 1 spiro atoms. The van der Waals surface area contributed by atoms with Crippen LogP contribution in [0.1, 0.15) is 113 Å². The molecular formula is C62H99N15O16+4. The van der Waals surface area contributed by atoms with E-state index in [2.05, 4.69) is 35.6 Å². The molecule has 3 amide bonds. The Balaban J connectivity index is 0.793. The molecule has 0 aliphatic carbocycles. The van der Waals surface area contributed by atoms with Gasteiger partial charge in [-0.3, -0.25) is 19.4 Å². The summed E-state index contributed by atoms with van der Waals surface area (Å²) in [6.07, 6.45) is 10.5. The van der Waals surface area contributed by atoms with Gasteiger partial charge in [0, 0.05) is 84.6 Å². The number of quaternary nitrogens is 4. The summed E-state index contributed by atoms with van der Waals surface area (Å²) in [7, 11) is 0. The Morgan fingerprint density at radius 1 is 0.516 bits per heavy atom. The van der Waals surface area contributed by atoms with Crippen molar-refractivity contribution in [3.8, 4) is 0 Å². The summed E-state index contributed by atoms with van der Waals surface area (Å²) < 4.78 is -0.230. The number of piperazine rings is 2. The van der Waals surface area contributed by atoms with Gasteiger partial charge in [-0.05, 0) is 75.7 Å². The molecule has 0 bridgehead atoms. The van der Waals surface area contributed by atoms with E-state index in [-0.39, 0.29) is 75.9 Å². The molecule has 3 unspecified atom stereocenters. The van der Waals surface area contributed by atoms with Gasteiger partial charge in [0.05, 0.1) is 0 Å². The van der Waals surface area contributed by atoms with E-state index < -0.39 is 78.3 Å². The summed E-state index contributed by atoms with van der Waals surface area (Å²) in [6, 6.07) is 3.84. The number of nitrogens with zero attached hydrogens (tertiary/aromatic N) is 11. The van der Waals surface area contributed by atoms with E-state index in [1.807, 2.05) is 24.3 Å². The van der Waals surface area contributed by atoms with E-state index in [9.17, 15) is 73.8 Å². The van der Waals surface area contributed by atoms with E-state index in [0.717, 1.165) is 134 Å². The lowest BCUT2D eigenvalue weighted by atomic mass is 10.0. The molecule has 1 aromatic carbocycles. The number of aromatic nitrogens is 3. The first-order valence-electron chi connectivity index (χ1n) is 33.3. The molecule has 7 heterocycles. The molecule has 31 nitrogen and oxygen atoms in total. The number of carboxylic acids is 7. The standard InChI is InChI=1S/C62H95N15O16/c63-20-11-23-71-26-30-73(31-27-71)60-68-50(39-46-16-14-45(15-17-46)38-47-40-76(43-55(85)86)35-34-74(41-53(81)82)32-33-75(42-54(83)84)36-37-77(47,44-56(87)88)62(74,75)76)67-59(69-60)72-28-24-70(25-29-72)22-10-6-4-2-1-3-5-7-13-51(78)64-21-9-8-12-48(57(89)90)65-61(93)66-49(58(91)92)18-19-52(79)80/h14-17,47-49H,1-13,18-44,63H2,(H6-4,64,65,66,78,79,80,81,82,83,84,85,86,87,88,89,90,91,92,93)/p+4/t47?,48-,49-,62?,74?,75-,76+,77+/m0/s1. The zero-order chi connectivity index (χ0) is 67.0. The quantitative estimate of drug-likeness (QED) is 0.0311. The molecular weight excluding hydrogens is 1210 g/mol. The average molecular weight is 1310 g/mol. The first-order valence-corrected chi connectivity index (χ1v) is 33.3. The number of hydrogen-bond donors (Lipinski definition) is 11. The van der Waals surface area contributed by atoms with Crippen LogP contribution in [0.5, 0.6) is 0 Å². The Bertz CT molecular complexity index is 2940. The van der Waals surface area contributed by atoms with Gasteiger partial charge >= 0.3 is 53.7 Å². The second kappa shape index (κ2) is 32.1. The third kappa shape index (κ3) is 16.9. The number of hydrogen-bond acceptors (Lipinski definition) is 17. The fraction of sp³-hybridized carbons (Fsp3) is 0.710. The molecule has 6 saturated heterocycles. The van der Waals surface area contributed by atoms with Crippen LogP contribution in [-0.4, -0.2) is 307 Å². The number of nitrogens with one attached hydrogen (secondary N) is 3. The first-order chi connectivity index (χ1) is 44.5. The van der Waals surface area contributed by atoms with Crippen LogP contribution in [0.4, 0.5) is 16.7 Å². The van der Waals surface area contributed by atoms with Crippen LogP contribution in [-0.2, 0) is 51.2 Å². The fourth-order valence-corrected chi connectivity index (χ4v) is 16.7. The van der Waals surface area contributed by atoms with Gasteiger partial charge in [-0.25, -0.2) is 33.6 Å². The number of amides is 3. The van der Waals surface area contributed by atoms with E-state index in [0.29, 0.717) is 95.6 Å². The van der Waals surface area contributed by atoms with Crippen molar-refractivity contribution < 1.29 is 96.8 Å². The molecule has 1 aromatic heterocycles. The minimum Gasteiger partial charge on any atom is -0.481 e. The van der Waals surface area contributed by atoms with Crippen LogP contribution in [0, 0.1) is 0 Å². The van der Waals surface area contributed by atoms with Gasteiger partial charge in [-0.1, -0.05) is 62.8 Å². The van der Waals surface area contributed by atoms with Crippen molar-refractivity contribution in [2.75, 3.05) is 160 Å². The number of carbonyl (C=O) groups excluding carboxylic acids is 2. The lowest BCUT2D eigenvalue weighted by Crippen LogP contribution is -2.86. The molecule has 12 N–H and O–H groups in total. The average Bonchev–Trinajstić information content (AvgIpc) is 1.44. The Kier molecular flexibility index (Phi) is 24.7. The van der Waals surface area contributed by atoms with Crippen molar-refractivity contribution in [3.63, 3.8) is 0 Å². The number of anilines is 2. The van der Waals surface area contributed by atoms with Crippen LogP contribution in [0.2, 0.25) is 0 Å². The number of urea groups is 1. The number of unbranched alkanes of at least 4 members (excludes halogenated alkanes) is 8. The summed E-state index contributed by atoms with van der Waals surface area (Å²) in [5.41, 5.74) is 7.70. The van der Waals surface area contributed by atoms with Crippen molar-refractivity contribution in [2.24, 2.45) is 5.73 Å². The summed E-state index contributed by atoms with van der Waals surface area (Å²) in [5.74, 6) is -7.82. The highest BCUT2D eigenvalue weighted by atomic mass is 16.4. The predicted octanol–water partition coefficient (Wildman–Crippen LogP) is 0.105. The fourth-order valence-electron chi connectivity index (χ4n) is 16.7. The highest BCUT2D eigenvalue weighted by Crippen LogP contribution is 2.64. The molecule has 8 atom stereocenters. The van der Waals surface area contributed by atoms with Crippen molar-refractivity contribution in [2.45, 2.75) is 133 Å². The zero-order valence-corrected chi connectivity index (χ0v) is 53.6. The van der Waals surface area contributed by atoms with Crippen molar-refractivity contribution >= 4 is 65.6 Å². The monoisotopic (exact) mass is 1310 g/mol. The maximum absolute atomic E-state index is 13.2. The number of benzene rings is 1. The van der Waals surface area contributed by atoms with E-state index in [1.165, 1.54) is 0 Å². The number of rotatable bonds is 40. The molecule has 514 valence electrons. The third-order valence-electron chi connectivity index (χ3n) is 20.6. The summed E-state index contributed by atoms with van der Waals surface area (Å²) in [6.45, 7) is 10.1. The Hall–Kier alpha value is -7.42. The normalized spacial score (nSPS) is 25.6. The SMILES string of the molecule is NCCCN1CCN(c2nc(Cc3ccc(CC4C[N@@+]5(CC(=O)O)CC[N+]6(CC(=O)O)CC[N@@+]7(CC(=O)O)CC[N@+]4(CC(=O)O)C675)cc3)nc(N3CCN(CCCCCCCCCCC(=O)NCCCC[C@H](NC(=O)N[C@@H](CCC(=O)O)C(=O)O)C(=O)O)CC3)n2)CC1. The number of carboxylic acid groups (broad SMARTS) is 7. The van der Waals surface area contributed by atoms with Crippen molar-refractivity contribution in [1.29, 1.82) is 0 Å². The third-order valence-corrected chi connectivity index (χ3v) is 20.6. The molecule has 6 aliphatic rings.